The van der Waals surface area contributed by atoms with Crippen molar-refractivity contribution < 1.29 is 28.9 Å². The average molecular weight is 423 g/mol. The van der Waals surface area contributed by atoms with Gasteiger partial charge in [0.15, 0.2) is 0 Å². The molecule has 1 atom stereocenters. The zero-order valence-electron chi connectivity index (χ0n) is 16.8. The third-order valence-electron chi connectivity index (χ3n) is 5.33. The van der Waals surface area contributed by atoms with E-state index in [-0.39, 0.29) is 23.9 Å². The minimum Gasteiger partial charge on any atom is -0.508 e. The summed E-state index contributed by atoms with van der Waals surface area (Å²) in [7, 11) is 0. The fourth-order valence-corrected chi connectivity index (χ4v) is 3.89. The van der Waals surface area contributed by atoms with Gasteiger partial charge in [0.25, 0.3) is 0 Å². The van der Waals surface area contributed by atoms with E-state index in [0.29, 0.717) is 18.2 Å². The van der Waals surface area contributed by atoms with Gasteiger partial charge in [-0.1, -0.05) is 12.1 Å². The summed E-state index contributed by atoms with van der Waals surface area (Å²) in [6, 6.07) is 13.4. The summed E-state index contributed by atoms with van der Waals surface area (Å²) in [6.45, 7) is 0.380. The maximum absolute atomic E-state index is 13.5. The van der Waals surface area contributed by atoms with Crippen LogP contribution in [0.15, 0.2) is 54.7 Å². The molecule has 3 aromatic rings. The van der Waals surface area contributed by atoms with Crippen LogP contribution in [0.4, 0.5) is 4.39 Å². The summed E-state index contributed by atoms with van der Waals surface area (Å²) >= 11 is 0. The molecule has 7 heteroatoms. The van der Waals surface area contributed by atoms with Gasteiger partial charge in [-0.2, -0.15) is 0 Å². The van der Waals surface area contributed by atoms with Crippen LogP contribution >= 0.6 is 0 Å². The number of aromatic hydroxyl groups is 1. The Bertz CT molecular complexity index is 1090. The number of aliphatic carboxylic acids is 1. The van der Waals surface area contributed by atoms with Crippen molar-refractivity contribution in [2.24, 2.45) is 0 Å². The third kappa shape index (κ3) is 4.77. The van der Waals surface area contributed by atoms with Crippen LogP contribution in [0.5, 0.6) is 23.1 Å². The van der Waals surface area contributed by atoms with Crippen molar-refractivity contribution in [3.8, 4) is 23.1 Å². The van der Waals surface area contributed by atoms with E-state index in [1.807, 2.05) is 12.1 Å². The molecule has 31 heavy (non-hydrogen) atoms. The predicted octanol–water partition coefficient (Wildman–Crippen LogP) is 4.84. The average Bonchev–Trinajstić information content (AvgIpc) is 3.39. The Hall–Kier alpha value is -3.61. The summed E-state index contributed by atoms with van der Waals surface area (Å²) in [5, 5.41) is 17.8. The smallest absolute Gasteiger partial charge is 0.304 e. The van der Waals surface area contributed by atoms with Crippen molar-refractivity contribution in [3.63, 3.8) is 0 Å². The number of phenolic OH excluding ortho intramolecular Hbond substituents is 1. The predicted molar refractivity (Wildman–Crippen MR) is 111 cm³/mol. The van der Waals surface area contributed by atoms with Gasteiger partial charge in [-0.3, -0.25) is 4.79 Å². The van der Waals surface area contributed by atoms with Gasteiger partial charge in [0.2, 0.25) is 5.88 Å². The van der Waals surface area contributed by atoms with Gasteiger partial charge in [0, 0.05) is 35.4 Å². The molecule has 160 valence electrons. The van der Waals surface area contributed by atoms with Crippen LogP contribution < -0.4 is 9.47 Å². The minimum absolute atomic E-state index is 0.0672. The van der Waals surface area contributed by atoms with Gasteiger partial charge in [-0.25, -0.2) is 9.37 Å². The Morgan fingerprint density at radius 1 is 1.16 bits per heavy atom. The molecule has 2 heterocycles. The van der Waals surface area contributed by atoms with E-state index < -0.39 is 5.97 Å². The number of halogens is 1. The molecule has 0 fully saturated rings. The molecule has 0 saturated heterocycles. The summed E-state index contributed by atoms with van der Waals surface area (Å²) in [5.41, 5.74) is 2.67. The maximum atomic E-state index is 13.5. The molecule has 0 saturated carbocycles. The molecule has 1 aliphatic carbocycles. The van der Waals surface area contributed by atoms with Crippen LogP contribution in [0.1, 0.15) is 35.4 Å². The van der Waals surface area contributed by atoms with E-state index in [0.717, 1.165) is 41.7 Å². The van der Waals surface area contributed by atoms with Gasteiger partial charge >= 0.3 is 5.97 Å². The zero-order valence-corrected chi connectivity index (χ0v) is 16.8. The van der Waals surface area contributed by atoms with Crippen molar-refractivity contribution in [2.75, 3.05) is 6.61 Å². The highest BCUT2D eigenvalue weighted by atomic mass is 19.1. The number of carboxylic acid groups (broad SMARTS) is 1. The number of hydrogen-bond acceptors (Lipinski definition) is 5. The first kappa shape index (κ1) is 20.7. The first-order chi connectivity index (χ1) is 15.0. The van der Waals surface area contributed by atoms with Gasteiger partial charge < -0.3 is 19.7 Å². The van der Waals surface area contributed by atoms with E-state index in [9.17, 15) is 9.18 Å². The van der Waals surface area contributed by atoms with Crippen molar-refractivity contribution >= 4 is 5.97 Å². The number of rotatable bonds is 4. The molecule has 2 aliphatic rings. The van der Waals surface area contributed by atoms with Crippen molar-refractivity contribution in [3.05, 3.63) is 77.2 Å². The molecule has 0 bridgehead atoms. The quantitative estimate of drug-likeness (QED) is 0.624. The summed E-state index contributed by atoms with van der Waals surface area (Å²) < 4.78 is 24.5. The fourth-order valence-electron chi connectivity index (χ4n) is 3.89. The van der Waals surface area contributed by atoms with Gasteiger partial charge in [0.05, 0.1) is 13.0 Å². The number of benzene rings is 2. The summed E-state index contributed by atoms with van der Waals surface area (Å²) in [4.78, 5) is 14.6. The molecule has 1 unspecified atom stereocenters. The number of hydrogen-bond donors (Lipinski definition) is 2. The molecule has 0 spiro atoms. The number of carboxylic acids is 1. The zero-order chi connectivity index (χ0) is 21.8. The molecular weight excluding hydrogens is 401 g/mol. The van der Waals surface area contributed by atoms with Gasteiger partial charge in [-0.15, -0.1) is 0 Å². The maximum Gasteiger partial charge on any atom is 0.304 e. The first-order valence-corrected chi connectivity index (χ1v) is 10.1. The van der Waals surface area contributed by atoms with E-state index >= 15 is 0 Å². The second-order valence-corrected chi connectivity index (χ2v) is 7.45. The van der Waals surface area contributed by atoms with Gasteiger partial charge in [-0.05, 0) is 49.1 Å². The van der Waals surface area contributed by atoms with Crippen LogP contribution in [-0.2, 0) is 17.6 Å². The Balaban J connectivity index is 0.000000152. The van der Waals surface area contributed by atoms with Crippen molar-refractivity contribution in [2.45, 2.75) is 31.6 Å². The lowest BCUT2D eigenvalue weighted by Gasteiger charge is -2.09. The van der Waals surface area contributed by atoms with Crippen LogP contribution in [0, 0.1) is 5.82 Å². The topological polar surface area (TPSA) is 88.9 Å². The molecule has 5 rings (SSSR count). The molecular formula is C24H22FNO5. The highest BCUT2D eigenvalue weighted by molar-refractivity contribution is 5.68. The normalized spacial score (nSPS) is 15.8. The SMILES string of the molecule is Fc1ccc(Oc2ccccn2)c2c1CCC2.O=C(O)CC1COc2cc(O)ccc21. The van der Waals surface area contributed by atoms with Crippen LogP contribution in [0.25, 0.3) is 0 Å². The molecule has 0 radical (unpaired) electrons. The summed E-state index contributed by atoms with van der Waals surface area (Å²) in [6.07, 6.45) is 4.43. The van der Waals surface area contributed by atoms with Crippen molar-refractivity contribution in [1.82, 2.24) is 4.98 Å². The molecule has 1 aliphatic heterocycles. The van der Waals surface area contributed by atoms with Gasteiger partial charge in [0.1, 0.15) is 23.1 Å². The van der Waals surface area contributed by atoms with E-state index in [2.05, 4.69) is 4.98 Å². The number of carbonyl (C=O) groups is 1. The number of nitrogens with zero attached hydrogens (tertiary/aromatic N) is 1. The lowest BCUT2D eigenvalue weighted by atomic mass is 9.98. The van der Waals surface area contributed by atoms with Crippen LogP contribution in [-0.4, -0.2) is 27.8 Å². The Labute approximate surface area is 178 Å². The highest BCUT2D eigenvalue weighted by Gasteiger charge is 2.26. The molecule has 1 aromatic heterocycles. The second-order valence-electron chi connectivity index (χ2n) is 7.45. The van der Waals surface area contributed by atoms with E-state index in [4.69, 9.17) is 19.7 Å². The van der Waals surface area contributed by atoms with Crippen LogP contribution in [0.2, 0.25) is 0 Å². The number of pyridine rings is 1. The number of ether oxygens (including phenoxy) is 2. The minimum atomic E-state index is -0.834. The molecule has 0 amide bonds. The molecule has 6 nitrogen and oxygen atoms in total. The second kappa shape index (κ2) is 9.04. The highest BCUT2D eigenvalue weighted by Crippen LogP contribution is 2.38. The Kier molecular flexibility index (Phi) is 6.02. The largest absolute Gasteiger partial charge is 0.508 e. The number of phenols is 1. The van der Waals surface area contributed by atoms with Crippen LogP contribution in [0.3, 0.4) is 0 Å². The lowest BCUT2D eigenvalue weighted by Crippen LogP contribution is -2.07. The Morgan fingerprint density at radius 2 is 2.00 bits per heavy atom. The van der Waals surface area contributed by atoms with Crippen molar-refractivity contribution in [1.29, 1.82) is 0 Å². The fraction of sp³-hybridized carbons (Fsp3) is 0.250. The number of aromatic nitrogens is 1. The third-order valence-corrected chi connectivity index (χ3v) is 5.33. The van der Waals surface area contributed by atoms with E-state index in [1.54, 1.807) is 30.5 Å². The standard InChI is InChI=1S/C14H12FNO.C10H10O4/c15-12-7-8-13(11-5-3-4-10(11)12)17-14-6-1-2-9-16-14;11-7-1-2-8-6(3-10(12)13)5-14-9(8)4-7/h1-2,6-9H,3-5H2;1-2,4,6,11H,3,5H2,(H,12,13). The molecule has 2 N–H and O–H groups in total. The number of fused-ring (bicyclic) bond motifs is 2. The lowest BCUT2D eigenvalue weighted by molar-refractivity contribution is -0.137. The molecule has 2 aromatic carbocycles. The monoisotopic (exact) mass is 423 g/mol. The summed E-state index contributed by atoms with van der Waals surface area (Å²) in [5.74, 6) is 0.968. The van der Waals surface area contributed by atoms with E-state index in [1.165, 1.54) is 12.1 Å². The Morgan fingerprint density at radius 3 is 2.77 bits per heavy atom. The first-order valence-electron chi connectivity index (χ1n) is 10.1.